The Morgan fingerprint density at radius 2 is 1.97 bits per heavy atom. The quantitative estimate of drug-likeness (QED) is 0.321. The third-order valence-electron chi connectivity index (χ3n) is 7.33. The number of aliphatic hydroxyl groups is 2. The number of aliphatic hydroxyl groups excluding tert-OH is 1. The number of nitrogens with one attached hydrogen (secondary N) is 1. The highest BCUT2D eigenvalue weighted by atomic mass is 16.3. The Morgan fingerprint density at radius 1 is 1.23 bits per heavy atom. The van der Waals surface area contributed by atoms with Gasteiger partial charge in [-0.1, -0.05) is 43.6 Å². The Kier molecular flexibility index (Phi) is 9.60. The Morgan fingerprint density at radius 3 is 2.63 bits per heavy atom. The zero-order valence-electron chi connectivity index (χ0n) is 20.5. The number of fused-ring (bicyclic) bond motifs is 1. The zero-order chi connectivity index (χ0) is 22.4. The van der Waals surface area contributed by atoms with E-state index in [0.29, 0.717) is 18.3 Å². The van der Waals surface area contributed by atoms with Crippen molar-refractivity contribution in [3.63, 3.8) is 0 Å². The lowest BCUT2D eigenvalue weighted by molar-refractivity contribution is 0.0513. The molecule has 0 saturated heterocycles. The molecule has 0 aromatic carbocycles. The fraction of sp³-hybridized carbons (Fsp3) is 0.846. The van der Waals surface area contributed by atoms with E-state index in [2.05, 4.69) is 63.2 Å². The fourth-order valence-corrected chi connectivity index (χ4v) is 4.89. The first-order valence-electron chi connectivity index (χ1n) is 12.2. The average Bonchev–Trinajstić information content (AvgIpc) is 3.16. The molecular formula is C26H48N2O2. The summed E-state index contributed by atoms with van der Waals surface area (Å²) in [6.07, 6.45) is 13.4. The Bertz CT molecular complexity index is 576. The van der Waals surface area contributed by atoms with E-state index >= 15 is 0 Å². The van der Waals surface area contributed by atoms with Crippen molar-refractivity contribution >= 4 is 0 Å². The second kappa shape index (κ2) is 11.3. The number of allylic oxidation sites excluding steroid dienone is 1. The van der Waals surface area contributed by atoms with Gasteiger partial charge in [0.2, 0.25) is 0 Å². The third-order valence-corrected chi connectivity index (χ3v) is 7.33. The number of hydrogen-bond donors (Lipinski definition) is 3. The van der Waals surface area contributed by atoms with Crippen molar-refractivity contribution < 1.29 is 10.2 Å². The summed E-state index contributed by atoms with van der Waals surface area (Å²) < 4.78 is 0. The molecular weight excluding hydrogens is 372 g/mol. The number of nitrogens with zero attached hydrogens (tertiary/aromatic N) is 1. The van der Waals surface area contributed by atoms with E-state index in [4.69, 9.17) is 0 Å². The first-order valence-corrected chi connectivity index (χ1v) is 12.2. The summed E-state index contributed by atoms with van der Waals surface area (Å²) >= 11 is 0. The minimum Gasteiger partial charge on any atom is -0.392 e. The number of unbranched alkanes of at least 4 members (excludes halogenated alkanes) is 1. The first kappa shape index (κ1) is 25.6. The Balaban J connectivity index is 1.73. The van der Waals surface area contributed by atoms with E-state index in [-0.39, 0.29) is 17.6 Å². The molecule has 4 nitrogen and oxygen atoms in total. The molecule has 0 bridgehead atoms. The molecule has 0 aliphatic heterocycles. The van der Waals surface area contributed by atoms with Crippen molar-refractivity contribution in [2.75, 3.05) is 26.7 Å². The highest BCUT2D eigenvalue weighted by Crippen LogP contribution is 2.48. The lowest BCUT2D eigenvalue weighted by atomic mass is 9.88. The van der Waals surface area contributed by atoms with Gasteiger partial charge in [-0.2, -0.15) is 0 Å². The SMILES string of the molecule is CCCC[C@](C)(O)C/C=C/[C@@H]1[C@H]2CC(CCNCCN(C)C(C)(C)C)=C[C@H]2C[C@H]1O. The van der Waals surface area contributed by atoms with Crippen molar-refractivity contribution in [3.8, 4) is 0 Å². The molecule has 0 aromatic rings. The summed E-state index contributed by atoms with van der Waals surface area (Å²) in [7, 11) is 2.19. The highest BCUT2D eigenvalue weighted by molar-refractivity contribution is 5.21. The van der Waals surface area contributed by atoms with Crippen molar-refractivity contribution in [2.45, 2.75) is 96.8 Å². The molecule has 0 aromatic heterocycles. The Labute approximate surface area is 185 Å². The minimum atomic E-state index is -0.624. The summed E-state index contributed by atoms with van der Waals surface area (Å²) in [4.78, 5) is 2.39. The maximum atomic E-state index is 10.6. The van der Waals surface area contributed by atoms with Gasteiger partial charge in [0.15, 0.2) is 0 Å². The summed E-state index contributed by atoms with van der Waals surface area (Å²) in [5, 5.41) is 24.7. The molecule has 30 heavy (non-hydrogen) atoms. The van der Waals surface area contributed by atoms with Crippen LogP contribution in [0.3, 0.4) is 0 Å². The minimum absolute atomic E-state index is 0.222. The van der Waals surface area contributed by atoms with E-state index < -0.39 is 5.60 Å². The molecule has 2 aliphatic carbocycles. The summed E-state index contributed by atoms with van der Waals surface area (Å²) in [5.41, 5.74) is 1.16. The van der Waals surface area contributed by atoms with Gasteiger partial charge in [-0.25, -0.2) is 0 Å². The molecule has 4 heteroatoms. The number of rotatable bonds is 12. The molecule has 0 spiro atoms. The third kappa shape index (κ3) is 7.78. The molecule has 1 saturated carbocycles. The standard InChI is InChI=1S/C26H48N2O2/c1-7-8-12-26(5,30)13-9-10-22-23-18-20(17-21(23)19-24(22)29)11-14-27-15-16-28(6)25(2,3)4/h9-10,17,21-24,27,29-30H,7-8,11-16,18-19H2,1-6H3/b10-9+/t21-,22+,23-,24+,26-/m0/s1. The summed E-state index contributed by atoms with van der Waals surface area (Å²) in [6.45, 7) is 14.0. The summed E-state index contributed by atoms with van der Waals surface area (Å²) in [6, 6.07) is 0. The lowest BCUT2D eigenvalue weighted by Gasteiger charge is -2.31. The molecule has 174 valence electrons. The van der Waals surface area contributed by atoms with Gasteiger partial charge in [-0.3, -0.25) is 0 Å². The van der Waals surface area contributed by atoms with E-state index in [1.54, 1.807) is 5.57 Å². The smallest absolute Gasteiger partial charge is 0.0654 e. The van der Waals surface area contributed by atoms with Gasteiger partial charge >= 0.3 is 0 Å². The number of likely N-dealkylation sites (N-methyl/N-ethyl adjacent to an activating group) is 1. The van der Waals surface area contributed by atoms with E-state index in [1.807, 2.05) is 6.92 Å². The van der Waals surface area contributed by atoms with Crippen molar-refractivity contribution in [1.82, 2.24) is 10.2 Å². The van der Waals surface area contributed by atoms with Gasteiger partial charge in [-0.15, -0.1) is 0 Å². The zero-order valence-corrected chi connectivity index (χ0v) is 20.5. The largest absolute Gasteiger partial charge is 0.392 e. The topological polar surface area (TPSA) is 55.7 Å². The summed E-state index contributed by atoms with van der Waals surface area (Å²) in [5.74, 6) is 1.30. The van der Waals surface area contributed by atoms with Crippen LogP contribution in [0.4, 0.5) is 0 Å². The maximum absolute atomic E-state index is 10.6. The predicted molar refractivity (Wildman–Crippen MR) is 128 cm³/mol. The van der Waals surface area contributed by atoms with E-state index in [9.17, 15) is 10.2 Å². The highest BCUT2D eigenvalue weighted by Gasteiger charge is 2.43. The van der Waals surface area contributed by atoms with Gasteiger partial charge in [0.25, 0.3) is 0 Å². The molecule has 5 atom stereocenters. The van der Waals surface area contributed by atoms with Crippen molar-refractivity contribution in [2.24, 2.45) is 17.8 Å². The molecule has 0 heterocycles. The second-order valence-corrected chi connectivity index (χ2v) is 11.1. The first-order chi connectivity index (χ1) is 14.0. The van der Waals surface area contributed by atoms with Crippen LogP contribution in [-0.2, 0) is 0 Å². The molecule has 2 rings (SSSR count). The van der Waals surface area contributed by atoms with Crippen LogP contribution in [0.2, 0.25) is 0 Å². The molecule has 0 unspecified atom stereocenters. The van der Waals surface area contributed by atoms with Crippen LogP contribution in [0.1, 0.15) is 79.6 Å². The Hall–Kier alpha value is -0.680. The lowest BCUT2D eigenvalue weighted by Crippen LogP contribution is -2.42. The molecule has 1 fully saturated rings. The van der Waals surface area contributed by atoms with Crippen LogP contribution in [0.5, 0.6) is 0 Å². The van der Waals surface area contributed by atoms with Crippen LogP contribution in [0.25, 0.3) is 0 Å². The van der Waals surface area contributed by atoms with E-state index in [1.165, 1.54) is 0 Å². The number of hydrogen-bond acceptors (Lipinski definition) is 4. The van der Waals surface area contributed by atoms with Crippen LogP contribution >= 0.6 is 0 Å². The second-order valence-electron chi connectivity index (χ2n) is 11.1. The molecule has 0 amide bonds. The van der Waals surface area contributed by atoms with Crippen LogP contribution in [0.15, 0.2) is 23.8 Å². The molecule has 3 N–H and O–H groups in total. The van der Waals surface area contributed by atoms with Crippen LogP contribution in [-0.4, -0.2) is 59.0 Å². The van der Waals surface area contributed by atoms with E-state index in [0.717, 1.165) is 58.2 Å². The monoisotopic (exact) mass is 420 g/mol. The maximum Gasteiger partial charge on any atom is 0.0654 e. The van der Waals surface area contributed by atoms with Gasteiger partial charge in [-0.05, 0) is 85.2 Å². The van der Waals surface area contributed by atoms with Gasteiger partial charge in [0.1, 0.15) is 0 Å². The van der Waals surface area contributed by atoms with Crippen molar-refractivity contribution in [1.29, 1.82) is 0 Å². The average molecular weight is 421 g/mol. The predicted octanol–water partition coefficient (Wildman–Crippen LogP) is 4.53. The van der Waals surface area contributed by atoms with Crippen LogP contribution in [0, 0.1) is 17.8 Å². The van der Waals surface area contributed by atoms with Crippen molar-refractivity contribution in [3.05, 3.63) is 23.8 Å². The van der Waals surface area contributed by atoms with Crippen LogP contribution < -0.4 is 5.32 Å². The normalized spacial score (nSPS) is 28.9. The molecule has 2 aliphatic rings. The van der Waals surface area contributed by atoms with Gasteiger partial charge < -0.3 is 20.4 Å². The van der Waals surface area contributed by atoms with Gasteiger partial charge in [0, 0.05) is 24.5 Å². The van der Waals surface area contributed by atoms with Gasteiger partial charge in [0.05, 0.1) is 11.7 Å². The molecule has 0 radical (unpaired) electrons. The fourth-order valence-electron chi connectivity index (χ4n) is 4.89.